The van der Waals surface area contributed by atoms with Crippen LogP contribution >= 0.6 is 0 Å². The minimum Gasteiger partial charge on any atom is -0.364 e. The van der Waals surface area contributed by atoms with Gasteiger partial charge in [0.15, 0.2) is 5.69 Å². The molecule has 0 aliphatic rings. The van der Waals surface area contributed by atoms with E-state index in [1.165, 1.54) is 19.3 Å². The molecule has 0 saturated heterocycles. The Kier molecular flexibility index (Phi) is 3.64. The molecule has 2 rings (SSSR count). The summed E-state index contributed by atoms with van der Waals surface area (Å²) < 4.78 is 64.0. The summed E-state index contributed by atoms with van der Waals surface area (Å²) in [6.45, 7) is -3.02. The highest BCUT2D eigenvalue weighted by Crippen LogP contribution is 2.30. The van der Waals surface area contributed by atoms with Gasteiger partial charge >= 0.3 is 12.7 Å². The summed E-state index contributed by atoms with van der Waals surface area (Å²) in [6, 6.07) is 1.25. The van der Waals surface area contributed by atoms with E-state index in [4.69, 9.17) is 0 Å². The molecule has 20 heavy (non-hydrogen) atoms. The van der Waals surface area contributed by atoms with E-state index in [2.05, 4.69) is 15.5 Å². The first-order chi connectivity index (χ1) is 9.27. The van der Waals surface area contributed by atoms with Gasteiger partial charge in [0.1, 0.15) is 5.82 Å². The van der Waals surface area contributed by atoms with Gasteiger partial charge in [0, 0.05) is 37.6 Å². The number of alkyl halides is 5. The molecule has 10 heteroatoms. The maximum atomic E-state index is 12.7. The maximum Gasteiger partial charge on any atom is 0.435 e. The Balaban J connectivity index is 2.10. The van der Waals surface area contributed by atoms with E-state index in [1.807, 2.05) is 0 Å². The molecule has 0 amide bonds. The van der Waals surface area contributed by atoms with E-state index in [-0.39, 0.29) is 17.9 Å². The second-order valence-corrected chi connectivity index (χ2v) is 3.99. The van der Waals surface area contributed by atoms with Crippen LogP contribution in [0.25, 0.3) is 0 Å². The molecule has 0 fully saturated rings. The highest BCUT2D eigenvalue weighted by atomic mass is 19.4. The Labute approximate surface area is 110 Å². The predicted molar refractivity (Wildman–Crippen MR) is 59.0 cm³/mol. The zero-order chi connectivity index (χ0) is 14.9. The van der Waals surface area contributed by atoms with Crippen molar-refractivity contribution in [2.24, 2.45) is 7.05 Å². The number of aromatic nitrogens is 4. The molecule has 1 N–H and O–H groups in total. The lowest BCUT2D eigenvalue weighted by Crippen LogP contribution is -2.11. The Morgan fingerprint density at radius 3 is 2.55 bits per heavy atom. The van der Waals surface area contributed by atoms with Crippen LogP contribution in [0.3, 0.4) is 0 Å². The Hall–Kier alpha value is -2.13. The summed E-state index contributed by atoms with van der Waals surface area (Å²) in [4.78, 5) is 0. The molecule has 0 aliphatic heterocycles. The van der Waals surface area contributed by atoms with E-state index >= 15 is 0 Å². The number of rotatable bonds is 4. The molecule has 2 aromatic rings. The standard InChI is InChI=1S/C10H10F5N5/c1-19-5-6(8(18-19)10(13,14)15)4-16-7-2-3-20(17-7)9(11)12/h2-3,5,9H,4H2,1H3,(H,16,17). The average Bonchev–Trinajstić information content (AvgIpc) is 2.91. The van der Waals surface area contributed by atoms with Gasteiger partial charge in [0.2, 0.25) is 0 Å². The van der Waals surface area contributed by atoms with Crippen molar-refractivity contribution in [1.82, 2.24) is 19.6 Å². The van der Waals surface area contributed by atoms with Crippen molar-refractivity contribution in [2.75, 3.05) is 5.32 Å². The number of nitrogens with zero attached hydrogens (tertiary/aromatic N) is 4. The van der Waals surface area contributed by atoms with Crippen LogP contribution in [0.15, 0.2) is 18.5 Å². The van der Waals surface area contributed by atoms with Gasteiger partial charge in [0.05, 0.1) is 0 Å². The monoisotopic (exact) mass is 295 g/mol. The van der Waals surface area contributed by atoms with Crippen LogP contribution in [-0.4, -0.2) is 19.6 Å². The molecule has 5 nitrogen and oxygen atoms in total. The van der Waals surface area contributed by atoms with Crippen molar-refractivity contribution >= 4 is 5.82 Å². The van der Waals surface area contributed by atoms with E-state index in [0.29, 0.717) is 4.68 Å². The number of hydrogen-bond donors (Lipinski definition) is 1. The van der Waals surface area contributed by atoms with Crippen molar-refractivity contribution < 1.29 is 22.0 Å². The molecular formula is C10H10F5N5. The van der Waals surface area contributed by atoms with Gasteiger partial charge in [-0.15, -0.1) is 0 Å². The Bertz CT molecular complexity index is 585. The van der Waals surface area contributed by atoms with Gasteiger partial charge in [0.25, 0.3) is 0 Å². The first-order valence-corrected chi connectivity index (χ1v) is 5.44. The van der Waals surface area contributed by atoms with Crippen molar-refractivity contribution in [3.63, 3.8) is 0 Å². The topological polar surface area (TPSA) is 47.7 Å². The van der Waals surface area contributed by atoms with Gasteiger partial charge in [-0.2, -0.15) is 32.1 Å². The van der Waals surface area contributed by atoms with Gasteiger partial charge in [-0.05, 0) is 0 Å². The third-order valence-electron chi connectivity index (χ3n) is 2.44. The smallest absolute Gasteiger partial charge is 0.364 e. The number of anilines is 1. The lowest BCUT2D eigenvalue weighted by molar-refractivity contribution is -0.142. The van der Waals surface area contributed by atoms with Crippen LogP contribution in [0.1, 0.15) is 17.8 Å². The van der Waals surface area contributed by atoms with Crippen LogP contribution in [0.4, 0.5) is 27.8 Å². The van der Waals surface area contributed by atoms with Gasteiger partial charge < -0.3 is 5.32 Å². The SMILES string of the molecule is Cn1cc(CNc2ccn(C(F)F)n2)c(C(F)(F)F)n1. The van der Waals surface area contributed by atoms with Crippen molar-refractivity contribution in [3.05, 3.63) is 29.7 Å². The number of aryl methyl sites for hydroxylation is 1. The molecule has 0 unspecified atom stereocenters. The molecule has 2 aromatic heterocycles. The molecule has 0 radical (unpaired) electrons. The largest absolute Gasteiger partial charge is 0.435 e. The maximum absolute atomic E-state index is 12.7. The molecule has 110 valence electrons. The molecule has 2 heterocycles. The fraction of sp³-hybridized carbons (Fsp3) is 0.400. The second-order valence-electron chi connectivity index (χ2n) is 3.99. The van der Waals surface area contributed by atoms with E-state index in [0.717, 1.165) is 10.9 Å². The summed E-state index contributed by atoms with van der Waals surface area (Å²) in [5.74, 6) is 0.0577. The average molecular weight is 295 g/mol. The third kappa shape index (κ3) is 3.06. The van der Waals surface area contributed by atoms with E-state index in [1.54, 1.807) is 0 Å². The molecule has 0 bridgehead atoms. The first-order valence-electron chi connectivity index (χ1n) is 5.44. The molecular weight excluding hydrogens is 285 g/mol. The van der Waals surface area contributed by atoms with Crippen molar-refractivity contribution in [1.29, 1.82) is 0 Å². The summed E-state index contributed by atoms with van der Waals surface area (Å²) in [7, 11) is 1.37. The summed E-state index contributed by atoms with van der Waals surface area (Å²) in [6.07, 6.45) is -2.33. The summed E-state index contributed by atoms with van der Waals surface area (Å²) in [5, 5.41) is 9.35. The van der Waals surface area contributed by atoms with Gasteiger partial charge in [-0.1, -0.05) is 0 Å². The second kappa shape index (κ2) is 5.10. The van der Waals surface area contributed by atoms with Gasteiger partial charge in [-0.3, -0.25) is 4.68 Å². The highest BCUT2D eigenvalue weighted by molar-refractivity contribution is 5.34. The Morgan fingerprint density at radius 2 is 2.00 bits per heavy atom. The zero-order valence-electron chi connectivity index (χ0n) is 10.2. The molecule has 0 aromatic carbocycles. The minimum atomic E-state index is -4.57. The van der Waals surface area contributed by atoms with Crippen LogP contribution in [0, 0.1) is 0 Å². The normalized spacial score (nSPS) is 12.2. The number of nitrogens with one attached hydrogen (secondary N) is 1. The van der Waals surface area contributed by atoms with Crippen molar-refractivity contribution in [2.45, 2.75) is 19.3 Å². The predicted octanol–water partition coefficient (Wildman–Crippen LogP) is 2.64. The van der Waals surface area contributed by atoms with E-state index in [9.17, 15) is 22.0 Å². The van der Waals surface area contributed by atoms with Crippen LogP contribution in [0.5, 0.6) is 0 Å². The molecule has 0 atom stereocenters. The van der Waals surface area contributed by atoms with Gasteiger partial charge in [-0.25, -0.2) is 4.68 Å². The molecule has 0 aliphatic carbocycles. The Morgan fingerprint density at radius 1 is 1.30 bits per heavy atom. The minimum absolute atomic E-state index is 0.0577. The molecule has 0 saturated carbocycles. The van der Waals surface area contributed by atoms with Crippen LogP contribution < -0.4 is 5.32 Å². The van der Waals surface area contributed by atoms with Crippen LogP contribution in [-0.2, 0) is 19.8 Å². The zero-order valence-corrected chi connectivity index (χ0v) is 10.2. The quantitative estimate of drug-likeness (QED) is 0.882. The summed E-state index contributed by atoms with van der Waals surface area (Å²) >= 11 is 0. The van der Waals surface area contributed by atoms with Crippen LogP contribution in [0.2, 0.25) is 0 Å². The lowest BCUT2D eigenvalue weighted by atomic mass is 10.2. The highest BCUT2D eigenvalue weighted by Gasteiger charge is 2.36. The number of halogens is 5. The van der Waals surface area contributed by atoms with Crippen molar-refractivity contribution in [3.8, 4) is 0 Å². The van der Waals surface area contributed by atoms with E-state index < -0.39 is 18.4 Å². The first kappa shape index (κ1) is 14.3. The summed E-state index contributed by atoms with van der Waals surface area (Å²) in [5.41, 5.74) is -1.10. The third-order valence-corrected chi connectivity index (χ3v) is 2.44. The molecule has 0 spiro atoms. The lowest BCUT2D eigenvalue weighted by Gasteiger charge is -2.06. The fourth-order valence-electron chi connectivity index (χ4n) is 1.63. The number of hydrogen-bond acceptors (Lipinski definition) is 3. The fourth-order valence-corrected chi connectivity index (χ4v) is 1.63.